The van der Waals surface area contributed by atoms with Crippen LogP contribution in [0.2, 0.25) is 0 Å². The number of methoxy groups -OCH3 is 3. The molecule has 0 aliphatic carbocycles. The molecule has 0 saturated heterocycles. The van der Waals surface area contributed by atoms with Gasteiger partial charge in [-0.15, -0.1) is 0 Å². The Morgan fingerprint density at radius 2 is 1.62 bits per heavy atom. The summed E-state index contributed by atoms with van der Waals surface area (Å²) in [5.41, 5.74) is 3.56. The van der Waals surface area contributed by atoms with Crippen molar-refractivity contribution >= 4 is 5.91 Å². The van der Waals surface area contributed by atoms with Crippen molar-refractivity contribution in [2.75, 3.05) is 27.9 Å². The molecule has 0 spiro atoms. The summed E-state index contributed by atoms with van der Waals surface area (Å²) >= 11 is 0. The number of aromatic nitrogens is 2. The highest BCUT2D eigenvalue weighted by molar-refractivity contribution is 6.00. The number of amides is 1. The summed E-state index contributed by atoms with van der Waals surface area (Å²) in [6, 6.07) is 22.9. The highest BCUT2D eigenvalue weighted by Crippen LogP contribution is 2.34. The van der Waals surface area contributed by atoms with E-state index in [9.17, 15) is 4.79 Å². The molecule has 0 aliphatic rings. The molecule has 0 unspecified atom stereocenters. The maximum Gasteiger partial charge on any atom is 0.255 e. The van der Waals surface area contributed by atoms with Crippen LogP contribution >= 0.6 is 0 Å². The van der Waals surface area contributed by atoms with Crippen LogP contribution in [-0.4, -0.2) is 43.6 Å². The van der Waals surface area contributed by atoms with Crippen molar-refractivity contribution < 1.29 is 19.0 Å². The summed E-state index contributed by atoms with van der Waals surface area (Å²) in [6.45, 7) is 0.453. The largest absolute Gasteiger partial charge is 0.497 e. The molecule has 0 fully saturated rings. The summed E-state index contributed by atoms with van der Waals surface area (Å²) in [4.78, 5) is 13.3. The number of ether oxygens (including phenoxy) is 3. The molecule has 0 bridgehead atoms. The molecule has 0 atom stereocenters. The molecule has 174 valence electrons. The van der Waals surface area contributed by atoms with Crippen molar-refractivity contribution in [2.45, 2.75) is 6.42 Å². The van der Waals surface area contributed by atoms with Gasteiger partial charge in [0.1, 0.15) is 22.9 Å². The summed E-state index contributed by atoms with van der Waals surface area (Å²) in [5, 5.41) is 7.76. The Hall–Kier alpha value is -4.26. The zero-order chi connectivity index (χ0) is 23.9. The lowest BCUT2D eigenvalue weighted by atomic mass is 10.1. The van der Waals surface area contributed by atoms with Gasteiger partial charge in [-0.1, -0.05) is 36.4 Å². The molecular weight excluding hydrogens is 430 g/mol. The lowest BCUT2D eigenvalue weighted by Crippen LogP contribution is -2.26. The van der Waals surface area contributed by atoms with E-state index >= 15 is 0 Å². The lowest BCUT2D eigenvalue weighted by Gasteiger charge is -2.11. The SMILES string of the molecule is COc1ccc(-c2nn(-c3ccccc3)cc2C(=O)NCCc2ccccc2OC)c(OC)c1. The lowest BCUT2D eigenvalue weighted by molar-refractivity contribution is 0.0954. The highest BCUT2D eigenvalue weighted by Gasteiger charge is 2.21. The van der Waals surface area contributed by atoms with E-state index in [4.69, 9.17) is 19.3 Å². The van der Waals surface area contributed by atoms with Gasteiger partial charge in [0.05, 0.1) is 32.6 Å². The monoisotopic (exact) mass is 457 g/mol. The Morgan fingerprint density at radius 1 is 0.882 bits per heavy atom. The van der Waals surface area contributed by atoms with Crippen LogP contribution < -0.4 is 19.5 Å². The van der Waals surface area contributed by atoms with Gasteiger partial charge in [-0.2, -0.15) is 5.10 Å². The van der Waals surface area contributed by atoms with Gasteiger partial charge >= 0.3 is 0 Å². The van der Waals surface area contributed by atoms with Crippen LogP contribution in [0.4, 0.5) is 0 Å². The van der Waals surface area contributed by atoms with Crippen LogP contribution in [0.3, 0.4) is 0 Å². The first-order valence-electron chi connectivity index (χ1n) is 10.9. The first kappa shape index (κ1) is 22.9. The van der Waals surface area contributed by atoms with E-state index in [0.717, 1.165) is 17.0 Å². The Morgan fingerprint density at radius 3 is 2.35 bits per heavy atom. The second kappa shape index (κ2) is 10.6. The third-order valence-corrected chi connectivity index (χ3v) is 5.52. The van der Waals surface area contributed by atoms with Crippen molar-refractivity contribution in [3.63, 3.8) is 0 Å². The van der Waals surface area contributed by atoms with Gasteiger partial charge < -0.3 is 19.5 Å². The molecule has 3 aromatic carbocycles. The third-order valence-electron chi connectivity index (χ3n) is 5.52. The van der Waals surface area contributed by atoms with Gasteiger partial charge in [-0.05, 0) is 42.3 Å². The first-order valence-corrected chi connectivity index (χ1v) is 10.9. The molecule has 1 aromatic heterocycles. The summed E-state index contributed by atoms with van der Waals surface area (Å²) in [5.74, 6) is 1.81. The average molecular weight is 458 g/mol. The smallest absolute Gasteiger partial charge is 0.255 e. The number of rotatable bonds is 9. The van der Waals surface area contributed by atoms with E-state index in [1.165, 1.54) is 0 Å². The average Bonchev–Trinajstić information content (AvgIpc) is 3.34. The maximum atomic E-state index is 13.3. The number of nitrogens with one attached hydrogen (secondary N) is 1. The van der Waals surface area contributed by atoms with Crippen molar-refractivity contribution in [2.24, 2.45) is 0 Å². The number of nitrogens with zero attached hydrogens (tertiary/aromatic N) is 2. The molecule has 1 amide bonds. The standard InChI is InChI=1S/C27H27N3O4/c1-32-21-13-14-22(25(17-21)34-3)26-23(18-30(29-26)20-10-5-4-6-11-20)27(31)28-16-15-19-9-7-8-12-24(19)33-2/h4-14,17-18H,15-16H2,1-3H3,(H,28,31). The van der Waals surface area contributed by atoms with Gasteiger partial charge in [0.15, 0.2) is 0 Å². The van der Waals surface area contributed by atoms with Crippen molar-refractivity contribution in [1.29, 1.82) is 0 Å². The Kier molecular flexibility index (Phi) is 7.13. The summed E-state index contributed by atoms with van der Waals surface area (Å²) in [7, 11) is 4.82. The molecule has 7 nitrogen and oxygen atoms in total. The van der Waals surface area contributed by atoms with Crippen molar-refractivity contribution in [3.05, 3.63) is 90.1 Å². The van der Waals surface area contributed by atoms with Crippen molar-refractivity contribution in [3.8, 4) is 34.2 Å². The second-order valence-corrected chi connectivity index (χ2v) is 7.56. The first-order chi connectivity index (χ1) is 16.6. The van der Waals surface area contributed by atoms with Gasteiger partial charge in [0.2, 0.25) is 0 Å². The molecule has 1 heterocycles. The minimum atomic E-state index is -0.218. The van der Waals surface area contributed by atoms with Crippen molar-refractivity contribution in [1.82, 2.24) is 15.1 Å². The van der Waals surface area contributed by atoms with Crippen LogP contribution in [0, 0.1) is 0 Å². The fourth-order valence-corrected chi connectivity index (χ4v) is 3.76. The molecule has 0 radical (unpaired) electrons. The Labute approximate surface area is 198 Å². The minimum Gasteiger partial charge on any atom is -0.497 e. The van der Waals surface area contributed by atoms with Crippen LogP contribution in [0.15, 0.2) is 79.0 Å². The van der Waals surface area contributed by atoms with E-state index in [1.54, 1.807) is 38.3 Å². The molecule has 0 aliphatic heterocycles. The van der Waals surface area contributed by atoms with E-state index < -0.39 is 0 Å². The van der Waals surface area contributed by atoms with Crippen LogP contribution in [-0.2, 0) is 6.42 Å². The fraction of sp³-hybridized carbons (Fsp3) is 0.185. The number of carbonyl (C=O) groups excluding carboxylic acids is 1. The summed E-state index contributed by atoms with van der Waals surface area (Å²) < 4.78 is 18.0. The van der Waals surface area contributed by atoms with Gasteiger partial charge in [-0.3, -0.25) is 4.79 Å². The quantitative estimate of drug-likeness (QED) is 0.400. The van der Waals surface area contributed by atoms with E-state index in [1.807, 2.05) is 66.7 Å². The topological polar surface area (TPSA) is 74.6 Å². The second-order valence-electron chi connectivity index (χ2n) is 7.56. The van der Waals surface area contributed by atoms with Gasteiger partial charge in [-0.25, -0.2) is 4.68 Å². The van der Waals surface area contributed by atoms with Gasteiger partial charge in [0, 0.05) is 24.4 Å². The van der Waals surface area contributed by atoms with Crippen LogP contribution in [0.25, 0.3) is 16.9 Å². The predicted octanol–water partition coefficient (Wildman–Crippen LogP) is 4.54. The minimum absolute atomic E-state index is 0.218. The molecule has 4 aromatic rings. The van der Waals surface area contributed by atoms with Crippen LogP contribution in [0.5, 0.6) is 17.2 Å². The zero-order valence-corrected chi connectivity index (χ0v) is 19.4. The number of benzene rings is 3. The Bertz CT molecular complexity index is 1270. The molecular formula is C27H27N3O4. The Balaban J connectivity index is 1.65. The van der Waals surface area contributed by atoms with Gasteiger partial charge in [0.25, 0.3) is 5.91 Å². The summed E-state index contributed by atoms with van der Waals surface area (Å²) in [6.07, 6.45) is 2.39. The normalized spacial score (nSPS) is 10.6. The highest BCUT2D eigenvalue weighted by atomic mass is 16.5. The van der Waals surface area contributed by atoms with E-state index in [2.05, 4.69) is 5.32 Å². The molecule has 4 rings (SSSR count). The molecule has 1 N–H and O–H groups in total. The van der Waals surface area contributed by atoms with E-state index in [0.29, 0.717) is 41.3 Å². The van der Waals surface area contributed by atoms with E-state index in [-0.39, 0.29) is 5.91 Å². The third kappa shape index (κ3) is 4.88. The zero-order valence-electron chi connectivity index (χ0n) is 19.4. The fourth-order valence-electron chi connectivity index (χ4n) is 3.76. The molecule has 7 heteroatoms. The molecule has 34 heavy (non-hydrogen) atoms. The number of hydrogen-bond donors (Lipinski definition) is 1. The van der Waals surface area contributed by atoms with Crippen LogP contribution in [0.1, 0.15) is 15.9 Å². The number of hydrogen-bond acceptors (Lipinski definition) is 5. The molecule has 0 saturated carbocycles. The number of para-hydroxylation sites is 2. The predicted molar refractivity (Wildman–Crippen MR) is 131 cm³/mol. The maximum absolute atomic E-state index is 13.3. The number of carbonyl (C=O) groups is 1.